The van der Waals surface area contributed by atoms with Crippen molar-refractivity contribution in [2.75, 3.05) is 20.3 Å². The minimum atomic E-state index is -3.75. The SMILES string of the molecule is COCCOc1ncnc2c1c(I)cn2S(=O)(=O)c1ccccc1. The molecule has 24 heavy (non-hydrogen) atoms. The fourth-order valence-corrected chi connectivity index (χ4v) is 4.46. The number of hydrogen-bond donors (Lipinski definition) is 0. The van der Waals surface area contributed by atoms with Gasteiger partial charge >= 0.3 is 0 Å². The summed E-state index contributed by atoms with van der Waals surface area (Å²) in [7, 11) is -2.17. The van der Waals surface area contributed by atoms with E-state index in [2.05, 4.69) is 9.97 Å². The molecule has 2 heterocycles. The molecule has 1 aromatic carbocycles. The van der Waals surface area contributed by atoms with Gasteiger partial charge in [0, 0.05) is 16.9 Å². The van der Waals surface area contributed by atoms with E-state index in [0.29, 0.717) is 28.1 Å². The van der Waals surface area contributed by atoms with Crippen molar-refractivity contribution in [1.29, 1.82) is 0 Å². The molecule has 126 valence electrons. The molecule has 0 N–H and O–H groups in total. The van der Waals surface area contributed by atoms with E-state index in [-0.39, 0.29) is 10.5 Å². The second-order valence-corrected chi connectivity index (χ2v) is 7.79. The molecule has 0 saturated heterocycles. The first-order valence-electron chi connectivity index (χ1n) is 6.99. The molecule has 3 aromatic rings. The van der Waals surface area contributed by atoms with E-state index in [0.717, 1.165) is 3.97 Å². The zero-order valence-corrected chi connectivity index (χ0v) is 15.7. The fraction of sp³-hybridized carbons (Fsp3) is 0.200. The maximum atomic E-state index is 12.9. The zero-order chi connectivity index (χ0) is 17.2. The molecular formula is C15H14IN3O4S. The monoisotopic (exact) mass is 459 g/mol. The van der Waals surface area contributed by atoms with Gasteiger partial charge in [0.15, 0.2) is 5.65 Å². The topological polar surface area (TPSA) is 83.3 Å². The van der Waals surface area contributed by atoms with Gasteiger partial charge in [-0.1, -0.05) is 18.2 Å². The van der Waals surface area contributed by atoms with E-state index >= 15 is 0 Å². The standard InChI is InChI=1S/C15H14IN3O4S/c1-22-7-8-23-15-13-12(16)9-19(14(13)17-10-18-15)24(20,21)11-5-3-2-4-6-11/h2-6,9-10H,7-8H2,1H3. The number of aromatic nitrogens is 3. The number of rotatable bonds is 6. The van der Waals surface area contributed by atoms with E-state index in [4.69, 9.17) is 9.47 Å². The van der Waals surface area contributed by atoms with Crippen LogP contribution in [0.1, 0.15) is 0 Å². The molecular weight excluding hydrogens is 445 g/mol. The third-order valence-electron chi connectivity index (χ3n) is 3.30. The summed E-state index contributed by atoms with van der Waals surface area (Å²) in [6.07, 6.45) is 2.81. The Balaban J connectivity index is 2.13. The lowest BCUT2D eigenvalue weighted by atomic mass is 10.4. The normalized spacial score (nSPS) is 11.8. The first-order chi connectivity index (χ1) is 11.6. The van der Waals surface area contributed by atoms with E-state index in [9.17, 15) is 8.42 Å². The highest BCUT2D eigenvalue weighted by molar-refractivity contribution is 14.1. The Morgan fingerprint density at radius 3 is 2.62 bits per heavy atom. The molecule has 0 saturated carbocycles. The second kappa shape index (κ2) is 7.03. The van der Waals surface area contributed by atoms with Gasteiger partial charge < -0.3 is 9.47 Å². The molecule has 0 amide bonds. The summed E-state index contributed by atoms with van der Waals surface area (Å²) in [5.74, 6) is 0.337. The Bertz CT molecular complexity index is 958. The lowest BCUT2D eigenvalue weighted by Crippen LogP contribution is -2.12. The van der Waals surface area contributed by atoms with Crippen molar-refractivity contribution in [3.05, 3.63) is 46.4 Å². The number of ether oxygens (including phenoxy) is 2. The van der Waals surface area contributed by atoms with Crippen LogP contribution in [0.25, 0.3) is 11.0 Å². The van der Waals surface area contributed by atoms with Gasteiger partial charge in [-0.15, -0.1) is 0 Å². The molecule has 0 aliphatic rings. The fourth-order valence-electron chi connectivity index (χ4n) is 2.19. The average Bonchev–Trinajstić information content (AvgIpc) is 2.95. The Morgan fingerprint density at radius 1 is 1.17 bits per heavy atom. The van der Waals surface area contributed by atoms with Crippen molar-refractivity contribution in [2.45, 2.75) is 4.90 Å². The summed E-state index contributed by atoms with van der Waals surface area (Å²) < 4.78 is 38.1. The summed E-state index contributed by atoms with van der Waals surface area (Å²) in [6.45, 7) is 0.723. The Hall–Kier alpha value is -1.72. The molecule has 0 aliphatic heterocycles. The van der Waals surface area contributed by atoms with Crippen LogP contribution in [-0.2, 0) is 14.8 Å². The number of fused-ring (bicyclic) bond motifs is 1. The number of halogens is 1. The van der Waals surface area contributed by atoms with E-state index < -0.39 is 10.0 Å². The molecule has 9 heteroatoms. The molecule has 0 bridgehead atoms. The highest BCUT2D eigenvalue weighted by Crippen LogP contribution is 2.30. The lowest BCUT2D eigenvalue weighted by Gasteiger charge is -2.08. The smallest absolute Gasteiger partial charge is 0.269 e. The first-order valence-corrected chi connectivity index (χ1v) is 9.51. The molecule has 7 nitrogen and oxygen atoms in total. The van der Waals surface area contributed by atoms with E-state index in [1.807, 2.05) is 22.6 Å². The summed E-state index contributed by atoms with van der Waals surface area (Å²) >= 11 is 2.05. The van der Waals surface area contributed by atoms with E-state index in [1.165, 1.54) is 12.5 Å². The van der Waals surface area contributed by atoms with Crippen LogP contribution in [-0.4, -0.2) is 42.7 Å². The summed E-state index contributed by atoms with van der Waals surface area (Å²) in [4.78, 5) is 8.44. The number of hydrogen-bond acceptors (Lipinski definition) is 6. The average molecular weight is 459 g/mol. The van der Waals surface area contributed by atoms with Crippen LogP contribution in [0.3, 0.4) is 0 Å². The summed E-state index contributed by atoms with van der Waals surface area (Å²) in [5.41, 5.74) is 0.283. The molecule has 0 aliphatic carbocycles. The zero-order valence-electron chi connectivity index (χ0n) is 12.7. The Labute approximate surface area is 152 Å². The van der Waals surface area contributed by atoms with Gasteiger partial charge in [0.1, 0.15) is 12.9 Å². The molecule has 2 aromatic heterocycles. The Kier molecular flexibility index (Phi) is 5.01. The second-order valence-electron chi connectivity index (χ2n) is 4.81. The molecule has 0 spiro atoms. The number of benzene rings is 1. The lowest BCUT2D eigenvalue weighted by molar-refractivity contribution is 0.144. The van der Waals surface area contributed by atoms with Crippen molar-refractivity contribution in [3.8, 4) is 5.88 Å². The minimum Gasteiger partial charge on any atom is -0.475 e. The van der Waals surface area contributed by atoms with Crippen molar-refractivity contribution in [3.63, 3.8) is 0 Å². The van der Waals surface area contributed by atoms with Crippen molar-refractivity contribution in [2.24, 2.45) is 0 Å². The van der Waals surface area contributed by atoms with Crippen LogP contribution in [0.15, 0.2) is 47.8 Å². The molecule has 0 unspecified atom stereocenters. The summed E-state index contributed by atoms with van der Waals surface area (Å²) in [6, 6.07) is 8.21. The summed E-state index contributed by atoms with van der Waals surface area (Å²) in [5, 5.41) is 0.564. The highest BCUT2D eigenvalue weighted by atomic mass is 127. The predicted octanol–water partition coefficient (Wildman–Crippen LogP) is 2.30. The van der Waals surface area contributed by atoms with Gasteiger partial charge in [0.05, 0.1) is 16.9 Å². The van der Waals surface area contributed by atoms with Crippen LogP contribution in [0.2, 0.25) is 0 Å². The van der Waals surface area contributed by atoms with E-state index in [1.54, 1.807) is 37.4 Å². The van der Waals surface area contributed by atoms with Gasteiger partial charge in [0.25, 0.3) is 10.0 Å². The molecule has 0 fully saturated rings. The first kappa shape index (κ1) is 17.1. The quantitative estimate of drug-likeness (QED) is 0.416. The third-order valence-corrected chi connectivity index (χ3v) is 5.78. The highest BCUT2D eigenvalue weighted by Gasteiger charge is 2.23. The largest absolute Gasteiger partial charge is 0.475 e. The van der Waals surface area contributed by atoms with Crippen LogP contribution >= 0.6 is 22.6 Å². The predicted molar refractivity (Wildman–Crippen MR) is 96.6 cm³/mol. The van der Waals surface area contributed by atoms with Gasteiger partial charge in [0.2, 0.25) is 5.88 Å². The maximum absolute atomic E-state index is 12.9. The van der Waals surface area contributed by atoms with Crippen molar-refractivity contribution < 1.29 is 17.9 Å². The maximum Gasteiger partial charge on any atom is 0.269 e. The van der Waals surface area contributed by atoms with Crippen LogP contribution in [0, 0.1) is 3.57 Å². The van der Waals surface area contributed by atoms with Gasteiger partial charge in [-0.2, -0.15) is 0 Å². The molecule has 3 rings (SSSR count). The Morgan fingerprint density at radius 2 is 1.92 bits per heavy atom. The van der Waals surface area contributed by atoms with Gasteiger partial charge in [-0.3, -0.25) is 0 Å². The number of methoxy groups -OCH3 is 1. The van der Waals surface area contributed by atoms with Gasteiger partial charge in [-0.05, 0) is 34.7 Å². The van der Waals surface area contributed by atoms with Gasteiger partial charge in [-0.25, -0.2) is 22.4 Å². The van der Waals surface area contributed by atoms with Crippen molar-refractivity contribution in [1.82, 2.24) is 13.9 Å². The number of nitrogens with zero attached hydrogens (tertiary/aromatic N) is 3. The molecule has 0 radical (unpaired) electrons. The third kappa shape index (κ3) is 3.10. The van der Waals surface area contributed by atoms with Crippen molar-refractivity contribution >= 4 is 43.6 Å². The molecule has 0 atom stereocenters. The van der Waals surface area contributed by atoms with Crippen LogP contribution < -0.4 is 4.74 Å². The van der Waals surface area contributed by atoms with Crippen LogP contribution in [0.5, 0.6) is 5.88 Å². The van der Waals surface area contributed by atoms with Crippen LogP contribution in [0.4, 0.5) is 0 Å². The minimum absolute atomic E-state index is 0.193.